The van der Waals surface area contributed by atoms with E-state index >= 15 is 0 Å². The number of anilines is 1. The lowest BCUT2D eigenvalue weighted by Crippen LogP contribution is -2.55. The molecule has 0 unspecified atom stereocenters. The summed E-state index contributed by atoms with van der Waals surface area (Å²) in [5.41, 5.74) is 18.2. The normalized spacial score (nSPS) is 16.9. The molecule has 2 aromatic carbocycles. The SMILES string of the molecule is CC[N+](CC)(CCCN)c1nc(=Nc2cccc(NN=C3C=C(C)C(=NN=C4C(=O)C=CC(N=Nc5cc(S(=O)(=O)O)ccc5O)=C4O)C=C3C)c2)nc([N+](CC)(CC)CCCN)[nH]1. The standard InChI is InChI=1S/C43H56N14O6S/c1-7-56(8-2,22-12-20-44)42-47-41(48-43(49-42)57(9-3,10-4)23-13-21-45)46-30-14-11-15-31(26-30)50-52-34-24-29(6)35(25-28(34)5)53-55-39-38(59)19-17-33(40(39)60)51-54-36-27-32(64(61,62)63)16-18-37(36)58/h11,14-19,24-27H,7-10,12-13,20-23,44-45H2,1-6H3,(H3-2,46,47,48,49,50,51,52,53,54,55,58,59,60,61,62,63)/p+2. The first kappa shape index (κ1) is 48.7. The van der Waals surface area contributed by atoms with Crippen molar-refractivity contribution in [2.45, 2.75) is 59.3 Å². The van der Waals surface area contributed by atoms with Crippen LogP contribution in [0.4, 0.5) is 29.0 Å². The van der Waals surface area contributed by atoms with E-state index < -0.39 is 38.0 Å². The molecular weight excluding hydrogens is 841 g/mol. The molecule has 20 nitrogen and oxygen atoms in total. The number of nitrogens with two attached hydrogens (primary N) is 2. The van der Waals surface area contributed by atoms with Gasteiger partial charge in [0, 0.05) is 12.8 Å². The van der Waals surface area contributed by atoms with Gasteiger partial charge < -0.3 is 21.7 Å². The molecular formula is C43H58N14O6S+2. The Balaban J connectivity index is 1.42. The van der Waals surface area contributed by atoms with Gasteiger partial charge in [0.25, 0.3) is 15.7 Å². The van der Waals surface area contributed by atoms with Gasteiger partial charge in [0.15, 0.2) is 11.5 Å². The number of benzene rings is 2. The van der Waals surface area contributed by atoms with Gasteiger partial charge >= 0.3 is 11.9 Å². The molecule has 0 amide bonds. The summed E-state index contributed by atoms with van der Waals surface area (Å²) in [4.78, 5) is 30.8. The van der Waals surface area contributed by atoms with Crippen molar-refractivity contribution in [1.29, 1.82) is 0 Å². The molecule has 2 aliphatic carbocycles. The van der Waals surface area contributed by atoms with Gasteiger partial charge in [-0.2, -0.15) is 18.6 Å². The Labute approximate surface area is 372 Å². The van der Waals surface area contributed by atoms with Gasteiger partial charge in [-0.15, -0.1) is 25.3 Å². The number of carbonyl (C=O) groups excluding carboxylic acids is 1. The molecule has 0 aliphatic heterocycles. The van der Waals surface area contributed by atoms with Crippen molar-refractivity contribution in [1.82, 2.24) is 23.9 Å². The van der Waals surface area contributed by atoms with E-state index in [4.69, 9.17) is 26.4 Å². The van der Waals surface area contributed by atoms with E-state index in [1.807, 2.05) is 31.2 Å². The minimum absolute atomic E-state index is 0.209. The zero-order valence-corrected chi connectivity index (χ0v) is 37.8. The summed E-state index contributed by atoms with van der Waals surface area (Å²) in [6, 6.07) is 10.4. The van der Waals surface area contributed by atoms with Gasteiger partial charge in [-0.25, -0.2) is 9.98 Å². The summed E-state index contributed by atoms with van der Waals surface area (Å²) in [5, 5.41) is 41.5. The Morgan fingerprint density at radius 2 is 1.41 bits per heavy atom. The van der Waals surface area contributed by atoms with Crippen molar-refractivity contribution < 1.29 is 28.0 Å². The van der Waals surface area contributed by atoms with Gasteiger partial charge in [0.2, 0.25) is 5.78 Å². The van der Waals surface area contributed by atoms with Crippen LogP contribution in [0.15, 0.2) is 125 Å². The largest absolute Gasteiger partial charge is 0.506 e. The average Bonchev–Trinajstić information content (AvgIpc) is 3.28. The number of aromatic amines is 1. The molecule has 1 heterocycles. The topological polar surface area (TPSA) is 292 Å². The summed E-state index contributed by atoms with van der Waals surface area (Å²) in [7, 11) is -4.59. The highest BCUT2D eigenvalue weighted by Crippen LogP contribution is 2.31. The van der Waals surface area contributed by atoms with Crippen molar-refractivity contribution in [2.75, 3.05) is 57.8 Å². The molecule has 21 heteroatoms. The number of azo groups is 1. The molecule has 64 heavy (non-hydrogen) atoms. The maximum Gasteiger partial charge on any atom is 0.315 e. The number of H-pyrrole nitrogens is 1. The second-order valence-corrected chi connectivity index (χ2v) is 16.6. The average molecular weight is 899 g/mol. The first-order valence-electron chi connectivity index (χ1n) is 21.1. The number of phenols is 1. The number of aliphatic hydroxyl groups excluding tert-OH is 1. The Morgan fingerprint density at radius 1 is 0.797 bits per heavy atom. The molecule has 0 atom stereocenters. The molecule has 0 spiro atoms. The van der Waals surface area contributed by atoms with Crippen molar-refractivity contribution in [2.24, 2.45) is 42.0 Å². The van der Waals surface area contributed by atoms with Crippen LogP contribution in [0.5, 0.6) is 5.75 Å². The Hall–Kier alpha value is -6.36. The lowest BCUT2D eigenvalue weighted by Gasteiger charge is -2.37. The van der Waals surface area contributed by atoms with E-state index in [2.05, 4.69) is 63.6 Å². The van der Waals surface area contributed by atoms with E-state index in [0.717, 1.165) is 93.9 Å². The number of hydrazone groups is 1. The highest BCUT2D eigenvalue weighted by Gasteiger charge is 2.35. The second kappa shape index (κ2) is 21.3. The van der Waals surface area contributed by atoms with E-state index in [1.54, 1.807) is 19.1 Å². The highest BCUT2D eigenvalue weighted by atomic mass is 32.2. The second-order valence-electron chi connectivity index (χ2n) is 15.2. The monoisotopic (exact) mass is 898 g/mol. The fraction of sp³-hybridized carbons (Fsp3) is 0.372. The number of aliphatic hydroxyl groups is 1. The minimum atomic E-state index is -4.59. The van der Waals surface area contributed by atoms with Crippen molar-refractivity contribution in [3.8, 4) is 5.75 Å². The van der Waals surface area contributed by atoms with E-state index in [-0.39, 0.29) is 11.4 Å². The number of nitrogens with one attached hydrogen (secondary N) is 2. The van der Waals surface area contributed by atoms with Crippen molar-refractivity contribution in [3.63, 3.8) is 0 Å². The van der Waals surface area contributed by atoms with Gasteiger partial charge in [-0.3, -0.25) is 23.7 Å². The van der Waals surface area contributed by atoms with Gasteiger partial charge in [-0.1, -0.05) is 6.07 Å². The Bertz CT molecular complexity index is 2620. The number of carbonyl (C=O) groups is 1. The zero-order chi connectivity index (χ0) is 46.7. The molecule has 9 N–H and O–H groups in total. The molecule has 3 aromatic rings. The number of ketones is 1. The number of rotatable bonds is 19. The molecule has 0 radical (unpaired) electrons. The first-order chi connectivity index (χ1) is 30.5. The third kappa shape index (κ3) is 11.4. The fourth-order valence-electron chi connectivity index (χ4n) is 7.13. The number of quaternary nitrogens is 2. The maximum absolute atomic E-state index is 12.7. The third-order valence-electron chi connectivity index (χ3n) is 11.3. The summed E-state index contributed by atoms with van der Waals surface area (Å²) in [6.45, 7) is 18.3. The number of hydrogen-bond acceptors (Lipinski definition) is 16. The number of nitrogens with zero attached hydrogens (tertiary/aromatic N) is 10. The van der Waals surface area contributed by atoms with Crippen LogP contribution in [0.1, 0.15) is 54.4 Å². The van der Waals surface area contributed by atoms with Gasteiger partial charge in [0.1, 0.15) is 17.1 Å². The number of hydrogen-bond donors (Lipinski definition) is 7. The van der Waals surface area contributed by atoms with Gasteiger partial charge in [-0.05, 0) is 126 Å². The van der Waals surface area contributed by atoms with Crippen LogP contribution in [0.2, 0.25) is 0 Å². The molecule has 0 saturated carbocycles. The predicted molar refractivity (Wildman–Crippen MR) is 251 cm³/mol. The smallest absolute Gasteiger partial charge is 0.315 e. The number of allylic oxidation sites excluding steroid dienone is 7. The van der Waals surface area contributed by atoms with E-state index in [0.29, 0.717) is 56.0 Å². The van der Waals surface area contributed by atoms with E-state index in [1.165, 1.54) is 6.08 Å². The maximum atomic E-state index is 12.7. The minimum Gasteiger partial charge on any atom is -0.506 e. The molecule has 5 rings (SSSR count). The van der Waals surface area contributed by atoms with Crippen LogP contribution in [-0.2, 0) is 14.9 Å². The van der Waals surface area contributed by atoms with Crippen LogP contribution < -0.4 is 31.5 Å². The number of aromatic nitrogens is 3. The molecule has 0 fully saturated rings. The predicted octanol–water partition coefficient (Wildman–Crippen LogP) is 5.54. The van der Waals surface area contributed by atoms with Gasteiger partial charge in [0.05, 0.1) is 67.0 Å². The third-order valence-corrected chi connectivity index (χ3v) is 12.1. The van der Waals surface area contributed by atoms with Crippen molar-refractivity contribution in [3.05, 3.63) is 95.0 Å². The molecule has 1 aromatic heterocycles. The summed E-state index contributed by atoms with van der Waals surface area (Å²) < 4.78 is 33.6. The first-order valence-corrected chi connectivity index (χ1v) is 22.5. The highest BCUT2D eigenvalue weighted by molar-refractivity contribution is 7.85. The lowest BCUT2D eigenvalue weighted by atomic mass is 9.98. The number of phenolic OH excluding ortho intramolecular Hbond substituents is 1. The van der Waals surface area contributed by atoms with Crippen LogP contribution in [0.25, 0.3) is 0 Å². The molecule has 0 saturated heterocycles. The molecule has 2 aliphatic rings. The summed E-state index contributed by atoms with van der Waals surface area (Å²) in [6.07, 6.45) is 7.49. The van der Waals surface area contributed by atoms with Crippen LogP contribution >= 0.6 is 0 Å². The Kier molecular flexibility index (Phi) is 16.2. The van der Waals surface area contributed by atoms with Crippen LogP contribution in [0, 0.1) is 0 Å². The summed E-state index contributed by atoms with van der Waals surface area (Å²) in [5.74, 6) is -0.142. The summed E-state index contributed by atoms with van der Waals surface area (Å²) >= 11 is 0. The lowest BCUT2D eigenvalue weighted by molar-refractivity contribution is -0.109. The quantitative estimate of drug-likeness (QED) is 0.0196. The fourth-order valence-corrected chi connectivity index (χ4v) is 7.63. The number of aromatic hydroxyl groups is 1. The molecule has 340 valence electrons. The van der Waals surface area contributed by atoms with Crippen molar-refractivity contribution >= 4 is 62.0 Å². The molecule has 0 bridgehead atoms. The van der Waals surface area contributed by atoms with Crippen LogP contribution in [0.3, 0.4) is 0 Å². The Morgan fingerprint density at radius 3 is 2.00 bits per heavy atom. The van der Waals surface area contributed by atoms with E-state index in [9.17, 15) is 28.0 Å². The zero-order valence-electron chi connectivity index (χ0n) is 37.0. The van der Waals surface area contributed by atoms with Crippen LogP contribution in [-0.4, -0.2) is 113 Å².